The maximum Gasteiger partial charge on any atom is 0.342 e. The topological polar surface area (TPSA) is 136 Å². The molecule has 12 heteroatoms. The van der Waals surface area contributed by atoms with Crippen molar-refractivity contribution in [1.82, 2.24) is 0 Å². The number of rotatable bonds is 6. The minimum atomic E-state index is -4.00. The number of nitrogens with two attached hydrogens (primary N) is 1. The van der Waals surface area contributed by atoms with E-state index in [1.54, 1.807) is 41.6 Å². The Morgan fingerprint density at radius 3 is 2.68 bits per heavy atom. The molecule has 1 atom stereocenters. The second-order valence-electron chi connectivity index (χ2n) is 6.39. The molecule has 0 aliphatic carbocycles. The molecule has 0 bridgehead atoms. The molecule has 31 heavy (non-hydrogen) atoms. The van der Waals surface area contributed by atoms with Crippen LogP contribution in [0.5, 0.6) is 5.75 Å². The van der Waals surface area contributed by atoms with Crippen molar-refractivity contribution in [1.29, 1.82) is 0 Å². The van der Waals surface area contributed by atoms with Crippen LogP contribution in [0.3, 0.4) is 0 Å². The molecule has 162 valence electrons. The first kappa shape index (κ1) is 20.9. The first-order valence-corrected chi connectivity index (χ1v) is 11.2. The minimum absolute atomic E-state index is 0.0442. The second kappa shape index (κ2) is 8.06. The summed E-state index contributed by atoms with van der Waals surface area (Å²) in [6.07, 6.45) is 2.59. The molecule has 0 spiro atoms. The van der Waals surface area contributed by atoms with Gasteiger partial charge in [0.05, 0.1) is 26.0 Å². The zero-order valence-corrected chi connectivity index (χ0v) is 18.1. The normalized spacial score (nSPS) is 15.5. The van der Waals surface area contributed by atoms with Gasteiger partial charge in [-0.25, -0.2) is 18.2 Å². The highest BCUT2D eigenvalue weighted by Crippen LogP contribution is 2.37. The number of fused-ring (bicyclic) bond motifs is 1. The average molecular weight is 463 g/mol. The quantitative estimate of drug-likeness (QED) is 0.533. The number of carbonyl (C=O) groups excluding carboxylic acids is 1. The molecule has 1 aliphatic heterocycles. The van der Waals surface area contributed by atoms with Crippen LogP contribution in [-0.4, -0.2) is 34.9 Å². The third kappa shape index (κ3) is 3.76. The average Bonchev–Trinajstić information content (AvgIpc) is 3.41. The van der Waals surface area contributed by atoms with Crippen LogP contribution in [0.1, 0.15) is 22.1 Å². The Bertz CT molecular complexity index is 1250. The summed E-state index contributed by atoms with van der Waals surface area (Å²) >= 11 is 0.864. The van der Waals surface area contributed by atoms with Gasteiger partial charge in [-0.3, -0.25) is 4.72 Å². The molecule has 3 N–H and O–H groups in total. The van der Waals surface area contributed by atoms with E-state index < -0.39 is 22.2 Å². The molecule has 4 rings (SSSR count). The van der Waals surface area contributed by atoms with Gasteiger partial charge in [-0.2, -0.15) is 0 Å². The molecule has 0 amide bonds. The lowest BCUT2D eigenvalue weighted by Crippen LogP contribution is -2.35. The van der Waals surface area contributed by atoms with Gasteiger partial charge in [-0.1, -0.05) is 0 Å². The molecule has 0 saturated heterocycles. The molecule has 1 unspecified atom stereocenters. The van der Waals surface area contributed by atoms with E-state index in [0.29, 0.717) is 17.3 Å². The van der Waals surface area contributed by atoms with Crippen molar-refractivity contribution in [2.24, 2.45) is 10.7 Å². The number of methoxy groups -OCH3 is 2. The lowest BCUT2D eigenvalue weighted by molar-refractivity contribution is 0.0597. The van der Waals surface area contributed by atoms with Crippen molar-refractivity contribution in [2.75, 3.05) is 23.8 Å². The van der Waals surface area contributed by atoms with Gasteiger partial charge in [0, 0.05) is 16.8 Å². The number of ether oxygens (including phenoxy) is 2. The number of sulfonamides is 1. The van der Waals surface area contributed by atoms with E-state index in [-0.39, 0.29) is 15.5 Å². The Hall–Kier alpha value is -3.35. The summed E-state index contributed by atoms with van der Waals surface area (Å²) in [7, 11) is -1.50. The number of benzene rings is 1. The minimum Gasteiger partial charge on any atom is -0.493 e. The van der Waals surface area contributed by atoms with E-state index >= 15 is 0 Å². The molecular weight excluding hydrogens is 444 g/mol. The summed E-state index contributed by atoms with van der Waals surface area (Å²) in [5.74, 6) is -0.282. The van der Waals surface area contributed by atoms with Crippen molar-refractivity contribution < 1.29 is 27.1 Å². The third-order valence-electron chi connectivity index (χ3n) is 4.58. The van der Waals surface area contributed by atoms with Crippen LogP contribution in [0.25, 0.3) is 0 Å². The van der Waals surface area contributed by atoms with Crippen molar-refractivity contribution in [3.8, 4) is 5.75 Å². The SMILES string of the molecule is COC(=O)c1csc(S(=O)(=O)Nc2ccc(N3C=Nc4occc4C3N)cc2)c1OC. The first-order chi connectivity index (χ1) is 14.9. The monoisotopic (exact) mass is 462 g/mol. The molecular formula is C19H18N4O6S2. The Kier molecular flexibility index (Phi) is 5.43. The van der Waals surface area contributed by atoms with E-state index in [1.165, 1.54) is 25.9 Å². The van der Waals surface area contributed by atoms with Gasteiger partial charge in [-0.15, -0.1) is 11.3 Å². The highest BCUT2D eigenvalue weighted by Gasteiger charge is 2.28. The molecule has 0 saturated carbocycles. The van der Waals surface area contributed by atoms with Crippen molar-refractivity contribution >= 4 is 50.9 Å². The van der Waals surface area contributed by atoms with Crippen LogP contribution in [-0.2, 0) is 14.8 Å². The second-order valence-corrected chi connectivity index (χ2v) is 9.15. The number of nitrogens with one attached hydrogen (secondary N) is 1. The third-order valence-corrected chi connectivity index (χ3v) is 7.45. The fraction of sp³-hybridized carbons (Fsp3) is 0.158. The van der Waals surface area contributed by atoms with Crippen LogP contribution < -0.4 is 20.1 Å². The lowest BCUT2D eigenvalue weighted by atomic mass is 10.2. The van der Waals surface area contributed by atoms with Gasteiger partial charge in [0.25, 0.3) is 10.0 Å². The number of carbonyl (C=O) groups is 1. The van der Waals surface area contributed by atoms with E-state index in [0.717, 1.165) is 16.9 Å². The Morgan fingerprint density at radius 2 is 2.00 bits per heavy atom. The smallest absolute Gasteiger partial charge is 0.342 e. The summed E-state index contributed by atoms with van der Waals surface area (Å²) in [6.45, 7) is 0. The zero-order chi connectivity index (χ0) is 22.2. The maximum absolute atomic E-state index is 12.9. The summed E-state index contributed by atoms with van der Waals surface area (Å²) in [6, 6.07) is 8.36. The highest BCUT2D eigenvalue weighted by molar-refractivity contribution is 7.94. The van der Waals surface area contributed by atoms with Crippen LogP contribution >= 0.6 is 11.3 Å². The van der Waals surface area contributed by atoms with Crippen LogP contribution in [0.2, 0.25) is 0 Å². The number of esters is 1. The molecule has 3 heterocycles. The number of hydrogen-bond acceptors (Lipinski definition) is 10. The van der Waals surface area contributed by atoms with E-state index in [4.69, 9.17) is 14.9 Å². The zero-order valence-electron chi connectivity index (χ0n) is 16.4. The molecule has 0 fully saturated rings. The van der Waals surface area contributed by atoms with Gasteiger partial charge in [0.1, 0.15) is 18.1 Å². The van der Waals surface area contributed by atoms with E-state index in [1.807, 2.05) is 0 Å². The first-order valence-electron chi connectivity index (χ1n) is 8.88. The summed E-state index contributed by atoms with van der Waals surface area (Å²) in [5.41, 5.74) is 8.10. The number of hydrogen-bond donors (Lipinski definition) is 2. The maximum atomic E-state index is 12.9. The van der Waals surface area contributed by atoms with Crippen LogP contribution in [0.4, 0.5) is 17.3 Å². The standard InChI is InChI=1S/C19H18N4O6S2/c1-27-15-14(18(24)28-2)9-30-19(15)31(25,26)22-11-3-5-12(6-4-11)23-10-21-17-13(16(23)20)7-8-29-17/h3-10,16,22H,20H2,1-2H3. The van der Waals surface area contributed by atoms with Crippen LogP contribution in [0.15, 0.2) is 55.6 Å². The summed E-state index contributed by atoms with van der Waals surface area (Å²) < 4.78 is 43.1. The van der Waals surface area contributed by atoms with Gasteiger partial charge in [-0.05, 0) is 30.3 Å². The molecule has 0 radical (unpaired) electrons. The fourth-order valence-corrected chi connectivity index (χ4v) is 5.55. The molecule has 1 aliphatic rings. The Labute approximate surface area is 181 Å². The van der Waals surface area contributed by atoms with Gasteiger partial charge in [0.15, 0.2) is 9.96 Å². The van der Waals surface area contributed by atoms with Gasteiger partial charge >= 0.3 is 5.97 Å². The van der Waals surface area contributed by atoms with Crippen molar-refractivity contribution in [3.05, 3.63) is 53.1 Å². The Morgan fingerprint density at radius 1 is 1.26 bits per heavy atom. The number of anilines is 2. The van der Waals surface area contributed by atoms with Crippen molar-refractivity contribution in [3.63, 3.8) is 0 Å². The predicted octanol–water partition coefficient (Wildman–Crippen LogP) is 3.07. The number of thiophene rings is 1. The van der Waals surface area contributed by atoms with E-state index in [2.05, 4.69) is 14.5 Å². The predicted molar refractivity (Wildman–Crippen MR) is 116 cm³/mol. The van der Waals surface area contributed by atoms with Gasteiger partial charge in [0.2, 0.25) is 5.88 Å². The number of nitrogens with zero attached hydrogens (tertiary/aromatic N) is 2. The van der Waals surface area contributed by atoms with Crippen LogP contribution in [0, 0.1) is 0 Å². The highest BCUT2D eigenvalue weighted by atomic mass is 32.2. The lowest BCUT2D eigenvalue weighted by Gasteiger charge is -2.29. The number of aliphatic imine (C=N–C) groups is 1. The molecule has 2 aromatic heterocycles. The van der Waals surface area contributed by atoms with Gasteiger partial charge < -0.3 is 24.5 Å². The Balaban J connectivity index is 1.56. The molecule has 10 nitrogen and oxygen atoms in total. The van der Waals surface area contributed by atoms with Crippen molar-refractivity contribution in [2.45, 2.75) is 10.4 Å². The largest absolute Gasteiger partial charge is 0.493 e. The molecule has 1 aromatic carbocycles. The molecule has 3 aromatic rings. The fourth-order valence-electron chi connectivity index (χ4n) is 3.07. The summed E-state index contributed by atoms with van der Waals surface area (Å²) in [5, 5.41) is 1.38. The van der Waals surface area contributed by atoms with E-state index in [9.17, 15) is 13.2 Å². The number of furan rings is 1. The summed E-state index contributed by atoms with van der Waals surface area (Å²) in [4.78, 5) is 17.8.